The summed E-state index contributed by atoms with van der Waals surface area (Å²) in [7, 11) is 1.99. The molecule has 0 amide bonds. The lowest BCUT2D eigenvalue weighted by Gasteiger charge is -2.33. The first kappa shape index (κ1) is 16.5. The van der Waals surface area contributed by atoms with Gasteiger partial charge >= 0.3 is 5.97 Å². The van der Waals surface area contributed by atoms with Gasteiger partial charge in [-0.15, -0.1) is 0 Å². The van der Waals surface area contributed by atoms with Crippen LogP contribution in [0.5, 0.6) is 0 Å². The lowest BCUT2D eigenvalue weighted by Crippen LogP contribution is -2.35. The van der Waals surface area contributed by atoms with Gasteiger partial charge in [-0.2, -0.15) is 0 Å². The molecule has 1 aliphatic rings. The monoisotopic (exact) mass is 324 g/mol. The smallest absolute Gasteiger partial charge is 0.340 e. The van der Waals surface area contributed by atoms with Gasteiger partial charge in [0.1, 0.15) is 11.4 Å². The van der Waals surface area contributed by atoms with E-state index in [0.717, 1.165) is 29.7 Å². The molecule has 0 bridgehead atoms. The highest BCUT2D eigenvalue weighted by Crippen LogP contribution is 2.33. The number of nitrogens with zero attached hydrogens (tertiary/aromatic N) is 2. The minimum absolute atomic E-state index is 0.305. The molecule has 4 nitrogen and oxygen atoms in total. The van der Waals surface area contributed by atoms with Gasteiger partial charge in [0, 0.05) is 24.3 Å². The second kappa shape index (κ2) is 7.04. The average Bonchev–Trinajstić information content (AvgIpc) is 2.61. The highest BCUT2D eigenvalue weighted by Gasteiger charge is 2.26. The van der Waals surface area contributed by atoms with Crippen LogP contribution in [0.4, 0.5) is 5.82 Å². The van der Waals surface area contributed by atoms with Gasteiger partial charge in [0.25, 0.3) is 0 Å². The Hall–Kier alpha value is -2.36. The van der Waals surface area contributed by atoms with Gasteiger partial charge in [0.05, 0.1) is 0 Å². The Morgan fingerprint density at radius 2 is 1.83 bits per heavy atom. The molecule has 126 valence electrons. The van der Waals surface area contributed by atoms with Crippen molar-refractivity contribution >= 4 is 11.8 Å². The average molecular weight is 324 g/mol. The van der Waals surface area contributed by atoms with Crippen LogP contribution in [-0.2, 0) is 0 Å². The highest BCUT2D eigenvalue weighted by atomic mass is 16.4. The topological polar surface area (TPSA) is 53.4 Å². The Kier molecular flexibility index (Phi) is 4.84. The third-order valence-electron chi connectivity index (χ3n) is 4.88. The van der Waals surface area contributed by atoms with E-state index in [1.165, 1.54) is 19.3 Å². The van der Waals surface area contributed by atoms with Gasteiger partial charge in [-0.25, -0.2) is 9.78 Å². The third kappa shape index (κ3) is 3.28. The zero-order chi connectivity index (χ0) is 17.1. The van der Waals surface area contributed by atoms with Gasteiger partial charge in [-0.05, 0) is 31.4 Å². The third-order valence-corrected chi connectivity index (χ3v) is 4.88. The minimum atomic E-state index is -0.918. The molecule has 1 aromatic carbocycles. The summed E-state index contributed by atoms with van der Waals surface area (Å²) >= 11 is 0. The van der Waals surface area contributed by atoms with Crippen molar-refractivity contribution in [3.63, 3.8) is 0 Å². The van der Waals surface area contributed by atoms with Gasteiger partial charge in [-0.1, -0.05) is 49.6 Å². The van der Waals surface area contributed by atoms with E-state index in [2.05, 4.69) is 9.88 Å². The van der Waals surface area contributed by atoms with Crippen LogP contribution in [0.15, 0.2) is 36.4 Å². The maximum atomic E-state index is 12.0. The molecule has 0 spiro atoms. The number of rotatable bonds is 4. The van der Waals surface area contributed by atoms with E-state index in [0.29, 0.717) is 17.4 Å². The SMILES string of the molecule is Cc1cc(-c2ccccc2)c(C(=O)O)c(N(C)C2CCCCC2)n1. The van der Waals surface area contributed by atoms with E-state index < -0.39 is 5.97 Å². The summed E-state index contributed by atoms with van der Waals surface area (Å²) < 4.78 is 0. The molecular weight excluding hydrogens is 300 g/mol. The molecule has 3 rings (SSSR count). The number of aryl methyl sites for hydroxylation is 1. The highest BCUT2D eigenvalue weighted by molar-refractivity contribution is 6.01. The van der Waals surface area contributed by atoms with E-state index >= 15 is 0 Å². The Labute approximate surface area is 143 Å². The molecule has 1 N–H and O–H groups in total. The van der Waals surface area contributed by atoms with Crippen molar-refractivity contribution in [1.82, 2.24) is 4.98 Å². The molecule has 0 unspecified atom stereocenters. The second-order valence-electron chi connectivity index (χ2n) is 6.58. The summed E-state index contributed by atoms with van der Waals surface area (Å²) in [5, 5.41) is 9.88. The first-order valence-corrected chi connectivity index (χ1v) is 8.61. The molecule has 4 heteroatoms. The summed E-state index contributed by atoms with van der Waals surface area (Å²) in [5.41, 5.74) is 2.81. The number of carboxylic acids is 1. The quantitative estimate of drug-likeness (QED) is 0.898. The zero-order valence-electron chi connectivity index (χ0n) is 14.3. The van der Waals surface area contributed by atoms with Crippen LogP contribution < -0.4 is 4.90 Å². The number of pyridine rings is 1. The van der Waals surface area contributed by atoms with Crippen LogP contribution in [0.25, 0.3) is 11.1 Å². The normalized spacial score (nSPS) is 15.2. The van der Waals surface area contributed by atoms with Crippen LogP contribution in [-0.4, -0.2) is 29.1 Å². The van der Waals surface area contributed by atoms with Crippen molar-refractivity contribution in [2.45, 2.75) is 45.1 Å². The number of carbonyl (C=O) groups is 1. The van der Waals surface area contributed by atoms with Crippen LogP contribution >= 0.6 is 0 Å². The minimum Gasteiger partial charge on any atom is -0.478 e. The first-order valence-electron chi connectivity index (χ1n) is 8.61. The molecule has 0 aliphatic heterocycles. The van der Waals surface area contributed by atoms with E-state index in [-0.39, 0.29) is 0 Å². The maximum Gasteiger partial charge on any atom is 0.340 e. The van der Waals surface area contributed by atoms with Crippen molar-refractivity contribution in [3.05, 3.63) is 47.7 Å². The molecule has 1 saturated carbocycles. The largest absolute Gasteiger partial charge is 0.478 e. The molecule has 1 aromatic heterocycles. The molecule has 0 atom stereocenters. The standard InChI is InChI=1S/C20H24N2O2/c1-14-13-17(15-9-5-3-6-10-15)18(20(23)24)19(21-14)22(2)16-11-7-4-8-12-16/h3,5-6,9-10,13,16H,4,7-8,11-12H2,1-2H3,(H,23,24). The number of hydrogen-bond acceptors (Lipinski definition) is 3. The van der Waals surface area contributed by atoms with Crippen LogP contribution in [0, 0.1) is 6.92 Å². The molecule has 1 heterocycles. The van der Waals surface area contributed by atoms with Gasteiger partial charge in [0.2, 0.25) is 0 Å². The van der Waals surface area contributed by atoms with Crippen LogP contribution in [0.2, 0.25) is 0 Å². The molecular formula is C20H24N2O2. The Balaban J connectivity index is 2.11. The fraction of sp³-hybridized carbons (Fsp3) is 0.400. The molecule has 2 aromatic rings. The van der Waals surface area contributed by atoms with Crippen molar-refractivity contribution in [1.29, 1.82) is 0 Å². The predicted octanol–water partition coefficient (Wildman–Crippen LogP) is 4.52. The Morgan fingerprint density at radius 1 is 1.17 bits per heavy atom. The van der Waals surface area contributed by atoms with Crippen molar-refractivity contribution in [3.8, 4) is 11.1 Å². The molecule has 1 aliphatic carbocycles. The summed E-state index contributed by atoms with van der Waals surface area (Å²) in [6, 6.07) is 11.9. The lowest BCUT2D eigenvalue weighted by atomic mass is 9.93. The molecule has 0 radical (unpaired) electrons. The van der Waals surface area contributed by atoms with Gasteiger partial charge < -0.3 is 10.0 Å². The fourth-order valence-corrected chi connectivity index (χ4v) is 3.61. The van der Waals surface area contributed by atoms with Crippen LogP contribution in [0.1, 0.15) is 48.2 Å². The Bertz CT molecular complexity index is 722. The zero-order valence-corrected chi connectivity index (χ0v) is 14.3. The first-order chi connectivity index (χ1) is 11.6. The number of hydrogen-bond donors (Lipinski definition) is 1. The number of aromatic carboxylic acids is 1. The van der Waals surface area contributed by atoms with Crippen molar-refractivity contribution in [2.75, 3.05) is 11.9 Å². The summed E-state index contributed by atoms with van der Waals surface area (Å²) in [6.07, 6.45) is 5.88. The molecule has 1 fully saturated rings. The van der Waals surface area contributed by atoms with Crippen molar-refractivity contribution < 1.29 is 9.90 Å². The van der Waals surface area contributed by atoms with Crippen LogP contribution in [0.3, 0.4) is 0 Å². The molecule has 24 heavy (non-hydrogen) atoms. The number of benzene rings is 1. The van der Waals surface area contributed by atoms with Gasteiger partial charge in [-0.3, -0.25) is 0 Å². The molecule has 0 saturated heterocycles. The number of aromatic nitrogens is 1. The van der Waals surface area contributed by atoms with E-state index in [1.807, 2.05) is 50.4 Å². The predicted molar refractivity (Wildman–Crippen MR) is 96.6 cm³/mol. The summed E-state index contributed by atoms with van der Waals surface area (Å²) in [4.78, 5) is 18.7. The van der Waals surface area contributed by atoms with E-state index in [9.17, 15) is 9.90 Å². The number of carboxylic acid groups (broad SMARTS) is 1. The number of anilines is 1. The summed E-state index contributed by atoms with van der Waals surface area (Å²) in [5.74, 6) is -0.327. The lowest BCUT2D eigenvalue weighted by molar-refractivity contribution is 0.0698. The Morgan fingerprint density at radius 3 is 2.46 bits per heavy atom. The summed E-state index contributed by atoms with van der Waals surface area (Å²) in [6.45, 7) is 1.93. The van der Waals surface area contributed by atoms with E-state index in [1.54, 1.807) is 0 Å². The van der Waals surface area contributed by atoms with E-state index in [4.69, 9.17) is 0 Å². The van der Waals surface area contributed by atoms with Crippen molar-refractivity contribution in [2.24, 2.45) is 0 Å². The van der Waals surface area contributed by atoms with Gasteiger partial charge in [0.15, 0.2) is 0 Å². The fourth-order valence-electron chi connectivity index (χ4n) is 3.61. The second-order valence-corrected chi connectivity index (χ2v) is 6.58. The maximum absolute atomic E-state index is 12.0.